The summed E-state index contributed by atoms with van der Waals surface area (Å²) in [7, 11) is 0. The van der Waals surface area contributed by atoms with Gasteiger partial charge >= 0.3 is 5.97 Å². The van der Waals surface area contributed by atoms with Crippen LogP contribution >= 0.6 is 12.2 Å². The van der Waals surface area contributed by atoms with E-state index in [9.17, 15) is 15.0 Å². The van der Waals surface area contributed by atoms with Gasteiger partial charge < -0.3 is 19.7 Å². The van der Waals surface area contributed by atoms with E-state index in [-0.39, 0.29) is 11.5 Å². The summed E-state index contributed by atoms with van der Waals surface area (Å²) in [5.74, 6) is 0.163. The fourth-order valence-electron chi connectivity index (χ4n) is 3.82. The first-order valence-corrected chi connectivity index (χ1v) is 9.74. The molecule has 2 aliphatic heterocycles. The number of carbonyl (C=O) groups excluding carboxylic acids is 1. The molecule has 150 valence electrons. The molecule has 0 amide bonds. The van der Waals surface area contributed by atoms with E-state index in [1.54, 1.807) is 30.3 Å². The summed E-state index contributed by atoms with van der Waals surface area (Å²) in [6, 6.07) is 14.3. The molecule has 1 spiro atoms. The average Bonchev–Trinajstić information content (AvgIpc) is 3.02. The van der Waals surface area contributed by atoms with E-state index in [2.05, 4.69) is 22.4 Å². The van der Waals surface area contributed by atoms with Crippen molar-refractivity contribution in [1.29, 1.82) is 0 Å². The van der Waals surface area contributed by atoms with E-state index in [0.29, 0.717) is 39.4 Å². The van der Waals surface area contributed by atoms with Crippen LogP contribution in [0, 0.1) is 0 Å². The molecule has 3 aromatic rings. The van der Waals surface area contributed by atoms with Gasteiger partial charge in [0.25, 0.3) is 0 Å². The molecule has 30 heavy (non-hydrogen) atoms. The Hall–Kier alpha value is -3.67. The molecule has 0 aliphatic carbocycles. The van der Waals surface area contributed by atoms with Crippen LogP contribution < -0.4 is 4.74 Å². The second-order valence-electron chi connectivity index (χ2n) is 6.47. The van der Waals surface area contributed by atoms with Gasteiger partial charge in [-0.05, 0) is 48.6 Å². The first-order valence-electron chi connectivity index (χ1n) is 9.33. The minimum absolute atomic E-state index is 0.00715. The van der Waals surface area contributed by atoms with Crippen molar-refractivity contribution in [3.8, 4) is 23.0 Å². The van der Waals surface area contributed by atoms with Crippen LogP contribution in [0.5, 0.6) is 23.0 Å². The van der Waals surface area contributed by atoms with Crippen molar-refractivity contribution in [2.75, 3.05) is 0 Å². The van der Waals surface area contributed by atoms with Gasteiger partial charge in [0.1, 0.15) is 23.0 Å². The number of ether oxygens (including phenoxy) is 2. The van der Waals surface area contributed by atoms with Crippen molar-refractivity contribution in [3.05, 3.63) is 76.9 Å². The third kappa shape index (κ3) is 2.76. The number of phenolic OH excluding ortho intramolecular Hbond substituents is 2. The summed E-state index contributed by atoms with van der Waals surface area (Å²) in [6.45, 7) is 4.00. The van der Waals surface area contributed by atoms with E-state index in [4.69, 9.17) is 9.47 Å². The van der Waals surface area contributed by atoms with Gasteiger partial charge in [-0.15, -0.1) is 0 Å². The topological polar surface area (TPSA) is 88.4 Å². The number of thiocarbonyl (C=S) groups is 1. The zero-order valence-corrected chi connectivity index (χ0v) is 17.0. The Morgan fingerprint density at radius 1 is 0.900 bits per heavy atom. The molecule has 2 heterocycles. The number of fused-ring (bicyclic) bond motifs is 6. The zero-order chi connectivity index (χ0) is 21.5. The van der Waals surface area contributed by atoms with Gasteiger partial charge in [0.15, 0.2) is 5.60 Å². The highest BCUT2D eigenvalue weighted by atomic mass is 32.1. The van der Waals surface area contributed by atoms with Gasteiger partial charge in [0.2, 0.25) is 0 Å². The van der Waals surface area contributed by atoms with Gasteiger partial charge in [-0.1, -0.05) is 19.9 Å². The number of esters is 1. The standard InChI is InChI=1S/C21H11NO5S.C2H6/c23-12-2-5-16-18(8-12)26-19-9-13(24)3-6-17(19)21(16)15-4-1-11(22-10-28)7-14(15)20(25)27-21;1-2/h1-9,23-24H;1-2H3. The molecule has 6 nitrogen and oxygen atoms in total. The molecular formula is C23H17NO5S. The molecule has 5 rings (SSSR count). The average molecular weight is 419 g/mol. The fourth-order valence-corrected chi connectivity index (χ4v) is 3.92. The Morgan fingerprint density at radius 2 is 1.47 bits per heavy atom. The Kier molecular flexibility index (Phi) is 4.78. The van der Waals surface area contributed by atoms with Crippen molar-refractivity contribution in [2.24, 2.45) is 4.99 Å². The van der Waals surface area contributed by atoms with Crippen molar-refractivity contribution in [3.63, 3.8) is 0 Å². The quantitative estimate of drug-likeness (QED) is 0.311. The number of phenols is 2. The van der Waals surface area contributed by atoms with Crippen molar-refractivity contribution >= 4 is 29.0 Å². The van der Waals surface area contributed by atoms with Crippen LogP contribution in [0.1, 0.15) is 40.9 Å². The number of isothiocyanates is 1. The molecule has 7 heteroatoms. The molecule has 0 atom stereocenters. The smallest absolute Gasteiger partial charge is 0.340 e. The first kappa shape index (κ1) is 19.6. The Balaban J connectivity index is 0.00000106. The zero-order valence-electron chi connectivity index (χ0n) is 16.2. The summed E-state index contributed by atoms with van der Waals surface area (Å²) < 4.78 is 11.8. The number of benzene rings is 3. The molecular weight excluding hydrogens is 402 g/mol. The number of aliphatic imine (C=N–C) groups is 1. The van der Waals surface area contributed by atoms with E-state index >= 15 is 0 Å². The van der Waals surface area contributed by atoms with E-state index in [1.165, 1.54) is 24.3 Å². The first-order chi connectivity index (χ1) is 14.5. The lowest BCUT2D eigenvalue weighted by molar-refractivity contribution is 0.0224. The summed E-state index contributed by atoms with van der Waals surface area (Å²) in [5, 5.41) is 22.1. The second kappa shape index (κ2) is 7.30. The minimum atomic E-state index is -1.27. The molecule has 2 aliphatic rings. The van der Waals surface area contributed by atoms with E-state index in [0.717, 1.165) is 0 Å². The van der Waals surface area contributed by atoms with Crippen LogP contribution in [0.4, 0.5) is 5.69 Å². The highest BCUT2D eigenvalue weighted by molar-refractivity contribution is 7.78. The van der Waals surface area contributed by atoms with E-state index < -0.39 is 11.6 Å². The summed E-state index contributed by atoms with van der Waals surface area (Å²) >= 11 is 4.64. The van der Waals surface area contributed by atoms with Gasteiger partial charge in [-0.25, -0.2) is 4.79 Å². The maximum Gasteiger partial charge on any atom is 0.340 e. The maximum atomic E-state index is 12.8. The summed E-state index contributed by atoms with van der Waals surface area (Å²) in [6.07, 6.45) is 0. The van der Waals surface area contributed by atoms with Crippen LogP contribution in [0.3, 0.4) is 0 Å². The lowest BCUT2D eigenvalue weighted by Gasteiger charge is -2.36. The van der Waals surface area contributed by atoms with Crippen molar-refractivity contribution in [2.45, 2.75) is 19.4 Å². The Labute approximate surface area is 178 Å². The SMILES string of the molecule is CC.O=C1OC2(c3ccc(O)cc3Oc3cc(O)ccc32)c2ccc(N=C=S)cc21. The van der Waals surface area contributed by atoms with Crippen molar-refractivity contribution in [1.82, 2.24) is 0 Å². The van der Waals surface area contributed by atoms with Gasteiger partial charge in [-0.3, -0.25) is 0 Å². The van der Waals surface area contributed by atoms with Crippen molar-refractivity contribution < 1.29 is 24.5 Å². The second-order valence-corrected chi connectivity index (χ2v) is 6.65. The number of hydrogen-bond donors (Lipinski definition) is 2. The van der Waals surface area contributed by atoms with Gasteiger partial charge in [-0.2, -0.15) is 4.99 Å². The molecule has 0 bridgehead atoms. The molecule has 2 N–H and O–H groups in total. The van der Waals surface area contributed by atoms with Crippen LogP contribution in [-0.4, -0.2) is 21.3 Å². The van der Waals surface area contributed by atoms with Crippen LogP contribution in [0.15, 0.2) is 59.6 Å². The molecule has 3 aromatic carbocycles. The molecule has 0 fully saturated rings. The normalized spacial score (nSPS) is 14.1. The van der Waals surface area contributed by atoms with Crippen LogP contribution in [0.2, 0.25) is 0 Å². The Morgan fingerprint density at radius 3 is 2.03 bits per heavy atom. The van der Waals surface area contributed by atoms with Gasteiger partial charge in [0, 0.05) is 28.8 Å². The van der Waals surface area contributed by atoms with Crippen LogP contribution in [-0.2, 0) is 10.3 Å². The third-order valence-corrected chi connectivity index (χ3v) is 5.02. The fraction of sp³-hybridized carbons (Fsp3) is 0.130. The number of carbonyl (C=O) groups is 1. The summed E-state index contributed by atoms with van der Waals surface area (Å²) in [5.41, 5.74) is 1.33. The largest absolute Gasteiger partial charge is 0.508 e. The van der Waals surface area contributed by atoms with Crippen LogP contribution in [0.25, 0.3) is 0 Å². The molecule has 0 saturated carbocycles. The number of rotatable bonds is 1. The minimum Gasteiger partial charge on any atom is -0.508 e. The van der Waals surface area contributed by atoms with Gasteiger partial charge in [0.05, 0.1) is 16.4 Å². The lowest BCUT2D eigenvalue weighted by Crippen LogP contribution is -2.32. The molecule has 0 saturated heterocycles. The molecule has 0 unspecified atom stereocenters. The third-order valence-electron chi connectivity index (χ3n) is 4.93. The highest BCUT2D eigenvalue weighted by Crippen LogP contribution is 2.57. The van der Waals surface area contributed by atoms with E-state index in [1.807, 2.05) is 13.8 Å². The lowest BCUT2D eigenvalue weighted by atomic mass is 9.77. The maximum absolute atomic E-state index is 12.8. The predicted molar refractivity (Wildman–Crippen MR) is 114 cm³/mol. The predicted octanol–water partition coefficient (Wildman–Crippen LogP) is 5.43. The number of hydrogen-bond acceptors (Lipinski definition) is 7. The number of nitrogens with zero attached hydrogens (tertiary/aromatic N) is 1. The Bertz CT molecular complexity index is 1180. The monoisotopic (exact) mass is 419 g/mol. The highest BCUT2D eigenvalue weighted by Gasteiger charge is 2.53. The number of aromatic hydroxyl groups is 2. The summed E-state index contributed by atoms with van der Waals surface area (Å²) in [4.78, 5) is 16.7. The molecule has 0 aromatic heterocycles. The molecule has 0 radical (unpaired) electrons.